The molecule has 2 amide bonds. The molecule has 0 radical (unpaired) electrons. The van der Waals surface area contributed by atoms with Crippen molar-refractivity contribution in [2.24, 2.45) is 0 Å². The van der Waals surface area contributed by atoms with Crippen LogP contribution >= 0.6 is 11.3 Å². The number of aromatic nitrogens is 1. The number of carbonyl (C=O) groups excluding carboxylic acids is 2. The van der Waals surface area contributed by atoms with Crippen LogP contribution in [-0.4, -0.2) is 41.8 Å². The Morgan fingerprint density at radius 2 is 1.70 bits per heavy atom. The molecule has 3 rings (SSSR count). The summed E-state index contributed by atoms with van der Waals surface area (Å²) in [7, 11) is 1.71. The molecule has 0 spiro atoms. The van der Waals surface area contributed by atoms with Crippen LogP contribution in [0.5, 0.6) is 0 Å². The van der Waals surface area contributed by atoms with Gasteiger partial charge in [-0.3, -0.25) is 14.5 Å². The van der Waals surface area contributed by atoms with Crippen molar-refractivity contribution < 1.29 is 14.0 Å². The summed E-state index contributed by atoms with van der Waals surface area (Å²) in [6.45, 7) is 2.17. The average Bonchev–Trinajstić information content (AvgIpc) is 3.16. The van der Waals surface area contributed by atoms with Crippen LogP contribution in [0.4, 0.5) is 15.2 Å². The summed E-state index contributed by atoms with van der Waals surface area (Å²) in [5.74, 6) is -0.758. The molecule has 1 heterocycles. The largest absolute Gasteiger partial charge is 0.325 e. The number of aryl methyl sites for hydroxylation is 1. The number of para-hydroxylation sites is 1. The lowest BCUT2D eigenvalue weighted by Gasteiger charge is -2.16. The van der Waals surface area contributed by atoms with Crippen molar-refractivity contribution in [2.45, 2.75) is 13.3 Å². The molecule has 3 aromatic rings. The van der Waals surface area contributed by atoms with Crippen LogP contribution in [0.15, 0.2) is 53.9 Å². The van der Waals surface area contributed by atoms with E-state index in [2.05, 4.69) is 15.6 Å². The second kappa shape index (κ2) is 10.1. The van der Waals surface area contributed by atoms with E-state index in [1.54, 1.807) is 29.5 Å². The van der Waals surface area contributed by atoms with Gasteiger partial charge < -0.3 is 10.6 Å². The number of nitrogens with one attached hydrogen (secondary N) is 2. The summed E-state index contributed by atoms with van der Waals surface area (Å²) in [4.78, 5) is 30.6. The van der Waals surface area contributed by atoms with Gasteiger partial charge in [0, 0.05) is 16.6 Å². The van der Waals surface area contributed by atoms with Crippen molar-refractivity contribution in [3.63, 3.8) is 0 Å². The maximum Gasteiger partial charge on any atom is 0.240 e. The van der Waals surface area contributed by atoms with Crippen LogP contribution in [0.1, 0.15) is 12.5 Å². The number of anilines is 2. The van der Waals surface area contributed by atoms with Gasteiger partial charge in [-0.15, -0.1) is 11.3 Å². The fraction of sp³-hybridized carbons (Fsp3) is 0.227. The Morgan fingerprint density at radius 3 is 2.40 bits per heavy atom. The van der Waals surface area contributed by atoms with E-state index in [-0.39, 0.29) is 30.7 Å². The minimum Gasteiger partial charge on any atom is -0.325 e. The quantitative estimate of drug-likeness (QED) is 0.571. The van der Waals surface area contributed by atoms with Gasteiger partial charge in [0.2, 0.25) is 11.8 Å². The Bertz CT molecular complexity index is 1020. The summed E-state index contributed by atoms with van der Waals surface area (Å²) in [6.07, 6.45) is 0.822. The number of nitrogens with zero attached hydrogens (tertiary/aromatic N) is 2. The summed E-state index contributed by atoms with van der Waals surface area (Å²) in [5, 5.41) is 7.88. The topological polar surface area (TPSA) is 74.3 Å². The fourth-order valence-electron chi connectivity index (χ4n) is 2.93. The highest BCUT2D eigenvalue weighted by molar-refractivity contribution is 7.14. The molecule has 0 aliphatic carbocycles. The summed E-state index contributed by atoms with van der Waals surface area (Å²) in [5.41, 5.74) is 3.29. The Hall–Kier alpha value is -3.10. The van der Waals surface area contributed by atoms with Crippen LogP contribution in [0, 0.1) is 5.82 Å². The first-order valence-corrected chi connectivity index (χ1v) is 10.4. The molecular weight excluding hydrogens is 403 g/mol. The van der Waals surface area contributed by atoms with Gasteiger partial charge in [-0.25, -0.2) is 9.37 Å². The number of carbonyl (C=O) groups is 2. The van der Waals surface area contributed by atoms with Crippen molar-refractivity contribution in [3.05, 3.63) is 65.3 Å². The zero-order valence-corrected chi connectivity index (χ0v) is 17.6. The monoisotopic (exact) mass is 426 g/mol. The number of rotatable bonds is 8. The lowest BCUT2D eigenvalue weighted by Crippen LogP contribution is -2.36. The van der Waals surface area contributed by atoms with Gasteiger partial charge in [0.15, 0.2) is 5.13 Å². The third kappa shape index (κ3) is 5.95. The van der Waals surface area contributed by atoms with E-state index in [0.29, 0.717) is 10.8 Å². The fourth-order valence-corrected chi connectivity index (χ4v) is 3.67. The Balaban J connectivity index is 1.50. The van der Waals surface area contributed by atoms with E-state index in [0.717, 1.165) is 23.2 Å². The Labute approximate surface area is 178 Å². The van der Waals surface area contributed by atoms with Gasteiger partial charge in [0.05, 0.1) is 18.8 Å². The molecule has 0 atom stereocenters. The van der Waals surface area contributed by atoms with Gasteiger partial charge in [-0.1, -0.05) is 25.1 Å². The first-order chi connectivity index (χ1) is 14.4. The van der Waals surface area contributed by atoms with E-state index in [9.17, 15) is 14.0 Å². The van der Waals surface area contributed by atoms with Gasteiger partial charge >= 0.3 is 0 Å². The van der Waals surface area contributed by atoms with Crippen molar-refractivity contribution >= 4 is 34.0 Å². The lowest BCUT2D eigenvalue weighted by molar-refractivity contribution is -0.119. The number of likely N-dealkylation sites (N-methyl/N-ethyl adjacent to an activating group) is 1. The normalized spacial score (nSPS) is 10.8. The van der Waals surface area contributed by atoms with Crippen LogP contribution in [-0.2, 0) is 16.0 Å². The Kier molecular flexibility index (Phi) is 7.26. The molecule has 30 heavy (non-hydrogen) atoms. The molecule has 0 bridgehead atoms. The van der Waals surface area contributed by atoms with Crippen molar-refractivity contribution in [2.75, 3.05) is 30.8 Å². The highest BCUT2D eigenvalue weighted by Gasteiger charge is 2.14. The molecule has 0 aliphatic heterocycles. The van der Waals surface area contributed by atoms with E-state index >= 15 is 0 Å². The zero-order valence-electron chi connectivity index (χ0n) is 16.8. The number of thiazole rings is 1. The maximum atomic E-state index is 13.0. The minimum atomic E-state index is -0.312. The molecule has 0 unspecified atom stereocenters. The van der Waals surface area contributed by atoms with Crippen molar-refractivity contribution in [1.82, 2.24) is 9.88 Å². The van der Waals surface area contributed by atoms with Gasteiger partial charge in [0.1, 0.15) is 5.82 Å². The molecule has 0 saturated carbocycles. The van der Waals surface area contributed by atoms with E-state index in [4.69, 9.17) is 0 Å². The number of amides is 2. The average molecular weight is 427 g/mol. The first-order valence-electron chi connectivity index (χ1n) is 9.52. The molecule has 156 valence electrons. The molecule has 1 aromatic heterocycles. The molecule has 0 fully saturated rings. The lowest BCUT2D eigenvalue weighted by atomic mass is 10.1. The number of halogens is 1. The first kappa shape index (κ1) is 21.6. The van der Waals surface area contributed by atoms with Crippen molar-refractivity contribution in [3.8, 4) is 11.3 Å². The second-order valence-electron chi connectivity index (χ2n) is 6.82. The maximum absolute atomic E-state index is 13.0. The van der Waals surface area contributed by atoms with E-state index < -0.39 is 0 Å². The van der Waals surface area contributed by atoms with E-state index in [1.165, 1.54) is 23.5 Å². The van der Waals surface area contributed by atoms with Crippen LogP contribution in [0.25, 0.3) is 11.3 Å². The van der Waals surface area contributed by atoms with Crippen molar-refractivity contribution in [1.29, 1.82) is 0 Å². The van der Waals surface area contributed by atoms with Gasteiger partial charge in [-0.2, -0.15) is 0 Å². The number of hydrogen-bond acceptors (Lipinski definition) is 5. The third-order valence-corrected chi connectivity index (χ3v) is 5.15. The molecular formula is C22H23FN4O2S. The molecule has 2 N–H and O–H groups in total. The number of hydrogen-bond donors (Lipinski definition) is 2. The van der Waals surface area contributed by atoms with Crippen LogP contribution < -0.4 is 10.6 Å². The molecule has 2 aromatic carbocycles. The molecule has 0 aliphatic rings. The zero-order chi connectivity index (χ0) is 21.5. The molecule has 8 heteroatoms. The predicted molar refractivity (Wildman–Crippen MR) is 118 cm³/mol. The van der Waals surface area contributed by atoms with Crippen LogP contribution in [0.3, 0.4) is 0 Å². The third-order valence-electron chi connectivity index (χ3n) is 4.39. The van der Waals surface area contributed by atoms with E-state index in [1.807, 2.05) is 31.2 Å². The second-order valence-corrected chi connectivity index (χ2v) is 7.68. The SMILES string of the molecule is CCc1ccccc1NC(=O)CN(C)CC(=O)Nc1nc(-c2ccc(F)cc2)cs1. The highest BCUT2D eigenvalue weighted by Crippen LogP contribution is 2.25. The summed E-state index contributed by atoms with van der Waals surface area (Å²) in [6, 6.07) is 13.7. The Morgan fingerprint density at radius 1 is 1.03 bits per heavy atom. The summed E-state index contributed by atoms with van der Waals surface area (Å²) >= 11 is 1.29. The van der Waals surface area contributed by atoms with Gasteiger partial charge in [-0.05, 0) is 49.4 Å². The predicted octanol–water partition coefficient (Wildman–Crippen LogP) is 4.02. The molecule has 6 nitrogen and oxygen atoms in total. The van der Waals surface area contributed by atoms with Crippen LogP contribution in [0.2, 0.25) is 0 Å². The smallest absolute Gasteiger partial charge is 0.240 e. The number of benzene rings is 2. The standard InChI is InChI=1S/C22H23FN4O2S/c1-3-15-6-4-5-7-18(15)24-20(28)12-27(2)13-21(29)26-22-25-19(14-30-22)16-8-10-17(23)11-9-16/h4-11,14H,3,12-13H2,1-2H3,(H,24,28)(H,25,26,29). The van der Waals surface area contributed by atoms with Gasteiger partial charge in [0.25, 0.3) is 0 Å². The summed E-state index contributed by atoms with van der Waals surface area (Å²) < 4.78 is 13.0. The molecule has 0 saturated heterocycles. The highest BCUT2D eigenvalue weighted by atomic mass is 32.1. The minimum absolute atomic E-state index is 0.0499.